The summed E-state index contributed by atoms with van der Waals surface area (Å²) in [5.41, 5.74) is 7.12. The maximum atomic E-state index is 6.35. The lowest BCUT2D eigenvalue weighted by Gasteiger charge is -2.18. The fraction of sp³-hybridized carbons (Fsp3) is 0.286. The van der Waals surface area contributed by atoms with Crippen LogP contribution in [0.15, 0.2) is 73.1 Å². The molecule has 4 aliphatic rings. The molecule has 0 unspecified atom stereocenters. The summed E-state index contributed by atoms with van der Waals surface area (Å²) in [4.78, 5) is 0. The van der Waals surface area contributed by atoms with Crippen LogP contribution in [0, 0.1) is 0 Å². The van der Waals surface area contributed by atoms with E-state index in [0.29, 0.717) is 49.4 Å². The molecule has 10 rings (SSSR count). The monoisotopic (exact) mass is 714 g/mol. The predicted molar refractivity (Wildman–Crippen MR) is 194 cm³/mol. The van der Waals surface area contributed by atoms with Crippen molar-refractivity contribution in [2.45, 2.75) is 25.9 Å². The third-order valence-corrected chi connectivity index (χ3v) is 10.5. The number of aromatic nitrogens is 2. The molecule has 0 radical (unpaired) electrons. The van der Waals surface area contributed by atoms with Crippen molar-refractivity contribution in [3.05, 3.63) is 84.2 Å². The van der Waals surface area contributed by atoms with Crippen LogP contribution in [-0.2, 0) is 30.7 Å². The molecule has 11 heteroatoms. The van der Waals surface area contributed by atoms with Crippen molar-refractivity contribution < 1.29 is 51.8 Å². The summed E-state index contributed by atoms with van der Waals surface area (Å²) in [6, 6.07) is 20.9. The molecule has 11 nitrogen and oxygen atoms in total. The van der Waals surface area contributed by atoms with Crippen LogP contribution < -0.4 is 47.0 Å². The van der Waals surface area contributed by atoms with E-state index in [0.717, 1.165) is 93.0 Å². The summed E-state index contributed by atoms with van der Waals surface area (Å²) in [5.74, 6) is 5.97. The molecule has 2 aromatic heterocycles. The second-order valence-electron chi connectivity index (χ2n) is 13.4. The van der Waals surface area contributed by atoms with Gasteiger partial charge in [0, 0.05) is 25.0 Å². The van der Waals surface area contributed by atoms with Gasteiger partial charge in [0.25, 0.3) is 0 Å². The molecule has 0 saturated heterocycles. The topological polar surface area (TPSA) is 90.8 Å². The number of nitrogens with zero attached hydrogens (tertiary/aromatic N) is 2. The Morgan fingerprint density at radius 2 is 1.00 bits per heavy atom. The molecule has 0 atom stereocenters. The van der Waals surface area contributed by atoms with Crippen molar-refractivity contribution in [3.63, 3.8) is 0 Å². The standard InChI is InChI=1S/C42H38N2O9/c1-45-35-5-3-25-15-33-29-19-39-37(50-23-52-39)17-27(29)7-9-43(33)21-31(25)41(35)48-13-11-47-12-14-49-42-32-22-44-10-8-28-18-38-40(53-24-51-38)20-30(28)34(44)16-26(32)4-6-36(42)46-2/h3-6,15-22H,7-14,23-24H2,1-2H3/q+2. The normalized spacial score (nSPS) is 14.4. The average molecular weight is 715 g/mol. The minimum absolute atomic E-state index is 0.262. The van der Waals surface area contributed by atoms with Gasteiger partial charge in [-0.3, -0.25) is 0 Å². The maximum Gasteiger partial charge on any atom is 0.231 e. The maximum absolute atomic E-state index is 6.35. The zero-order valence-electron chi connectivity index (χ0n) is 29.6. The fourth-order valence-corrected chi connectivity index (χ4v) is 7.92. The molecule has 0 fully saturated rings. The molecular weight excluding hydrogens is 676 g/mol. The molecule has 0 N–H and O–H groups in total. The van der Waals surface area contributed by atoms with E-state index in [1.165, 1.54) is 11.1 Å². The lowest BCUT2D eigenvalue weighted by molar-refractivity contribution is -0.686. The third kappa shape index (κ3) is 5.45. The minimum Gasteiger partial charge on any atom is -0.493 e. The second kappa shape index (κ2) is 12.9. The Labute approximate surface area is 305 Å². The molecule has 53 heavy (non-hydrogen) atoms. The van der Waals surface area contributed by atoms with Crippen molar-refractivity contribution in [2.75, 3.05) is 54.2 Å². The molecule has 6 heterocycles. The second-order valence-corrected chi connectivity index (χ2v) is 13.4. The molecule has 0 aliphatic carbocycles. The van der Waals surface area contributed by atoms with Crippen LogP contribution in [0.2, 0.25) is 0 Å². The van der Waals surface area contributed by atoms with Gasteiger partial charge in [-0.2, -0.15) is 9.13 Å². The quantitative estimate of drug-likeness (QED) is 0.126. The molecule has 0 amide bonds. The summed E-state index contributed by atoms with van der Waals surface area (Å²) in [6.45, 7) is 3.70. The summed E-state index contributed by atoms with van der Waals surface area (Å²) in [7, 11) is 3.33. The van der Waals surface area contributed by atoms with Gasteiger partial charge in [0.1, 0.15) is 13.2 Å². The van der Waals surface area contributed by atoms with Crippen molar-refractivity contribution in [2.24, 2.45) is 0 Å². The van der Waals surface area contributed by atoms with E-state index in [1.54, 1.807) is 14.2 Å². The smallest absolute Gasteiger partial charge is 0.231 e. The van der Waals surface area contributed by atoms with Gasteiger partial charge >= 0.3 is 0 Å². The highest BCUT2D eigenvalue weighted by Crippen LogP contribution is 2.43. The number of pyridine rings is 2. The Morgan fingerprint density at radius 1 is 0.547 bits per heavy atom. The fourth-order valence-electron chi connectivity index (χ4n) is 7.92. The van der Waals surface area contributed by atoms with E-state index in [4.69, 9.17) is 42.6 Å². The highest BCUT2D eigenvalue weighted by atomic mass is 16.7. The van der Waals surface area contributed by atoms with Crippen molar-refractivity contribution in [3.8, 4) is 68.5 Å². The summed E-state index contributed by atoms with van der Waals surface area (Å²) in [5, 5.41) is 4.09. The SMILES string of the molecule is COc1ccc2cc3[n+](cc2c1OCCOCCOc1c(OC)ccc2cc4[n+](cc12)CCc1cc2c(cc1-4)OCO2)CCc1cc2c(cc1-3)OCO2. The van der Waals surface area contributed by atoms with Gasteiger partial charge in [-0.25, -0.2) is 0 Å². The zero-order valence-corrected chi connectivity index (χ0v) is 29.6. The van der Waals surface area contributed by atoms with Gasteiger partial charge in [-0.1, -0.05) is 0 Å². The molecule has 0 bridgehead atoms. The first kappa shape index (κ1) is 31.8. The Hall–Kier alpha value is -5.94. The van der Waals surface area contributed by atoms with Gasteiger partial charge in [0.05, 0.1) is 49.3 Å². The van der Waals surface area contributed by atoms with E-state index in [1.807, 2.05) is 12.1 Å². The van der Waals surface area contributed by atoms with E-state index in [9.17, 15) is 0 Å². The first-order valence-corrected chi connectivity index (χ1v) is 17.9. The van der Waals surface area contributed by atoms with Gasteiger partial charge < -0.3 is 42.6 Å². The van der Waals surface area contributed by atoms with E-state index < -0.39 is 0 Å². The summed E-state index contributed by atoms with van der Waals surface area (Å²) in [6.07, 6.45) is 6.12. The van der Waals surface area contributed by atoms with Crippen LogP contribution >= 0.6 is 0 Å². The lowest BCUT2D eigenvalue weighted by Crippen LogP contribution is -2.40. The minimum atomic E-state index is 0.262. The molecule has 268 valence electrons. The number of ether oxygens (including phenoxy) is 9. The molecule has 6 aromatic rings. The predicted octanol–water partition coefficient (Wildman–Crippen LogP) is 5.96. The van der Waals surface area contributed by atoms with E-state index >= 15 is 0 Å². The number of methoxy groups -OCH3 is 2. The number of hydrogen-bond donors (Lipinski definition) is 0. The number of hydrogen-bond acceptors (Lipinski definition) is 9. The lowest BCUT2D eigenvalue weighted by atomic mass is 9.95. The average Bonchev–Trinajstić information content (AvgIpc) is 3.86. The van der Waals surface area contributed by atoms with E-state index in [2.05, 4.69) is 70.1 Å². The number of aryl methyl sites for hydroxylation is 4. The molecule has 0 saturated carbocycles. The van der Waals surface area contributed by atoms with Crippen LogP contribution in [-0.4, -0.2) is 54.2 Å². The van der Waals surface area contributed by atoms with Crippen molar-refractivity contribution >= 4 is 21.5 Å². The van der Waals surface area contributed by atoms with Crippen LogP contribution in [0.25, 0.3) is 44.1 Å². The summed E-state index contributed by atoms with van der Waals surface area (Å²) < 4.78 is 57.3. The van der Waals surface area contributed by atoms with Gasteiger partial charge in [-0.15, -0.1) is 0 Å². The molecule has 0 spiro atoms. The highest BCUT2D eigenvalue weighted by molar-refractivity contribution is 5.93. The number of rotatable bonds is 10. The van der Waals surface area contributed by atoms with Crippen LogP contribution in [0.5, 0.6) is 46.0 Å². The third-order valence-electron chi connectivity index (χ3n) is 10.5. The Morgan fingerprint density at radius 3 is 1.45 bits per heavy atom. The Bertz CT molecular complexity index is 2280. The largest absolute Gasteiger partial charge is 0.493 e. The van der Waals surface area contributed by atoms with Crippen LogP contribution in [0.3, 0.4) is 0 Å². The van der Waals surface area contributed by atoms with Gasteiger partial charge in [0.2, 0.25) is 25.0 Å². The van der Waals surface area contributed by atoms with E-state index in [-0.39, 0.29) is 13.6 Å². The number of benzene rings is 4. The van der Waals surface area contributed by atoms with Gasteiger partial charge in [-0.05, 0) is 70.4 Å². The first-order chi connectivity index (χ1) is 26.1. The first-order valence-electron chi connectivity index (χ1n) is 17.9. The van der Waals surface area contributed by atoms with Gasteiger partial charge in [0.15, 0.2) is 71.5 Å². The van der Waals surface area contributed by atoms with Crippen molar-refractivity contribution in [1.82, 2.24) is 0 Å². The highest BCUT2D eigenvalue weighted by Gasteiger charge is 2.30. The molecular formula is C42H38N2O9+2. The zero-order chi connectivity index (χ0) is 35.5. The summed E-state index contributed by atoms with van der Waals surface area (Å²) >= 11 is 0. The number of fused-ring (bicyclic) bond motifs is 10. The van der Waals surface area contributed by atoms with Crippen LogP contribution in [0.1, 0.15) is 11.1 Å². The molecule has 4 aliphatic heterocycles. The van der Waals surface area contributed by atoms with Crippen LogP contribution in [0.4, 0.5) is 0 Å². The van der Waals surface area contributed by atoms with Crippen molar-refractivity contribution in [1.29, 1.82) is 0 Å². The Kier molecular flexibility index (Phi) is 7.75. The Balaban J connectivity index is 0.817. The molecule has 4 aromatic carbocycles.